The molecule has 2 aliphatic carbocycles. The smallest absolute Gasteiger partial charge is 0.533 e. The quantitative estimate of drug-likeness (QED) is 0.0786. The highest BCUT2D eigenvalue weighted by atomic mass is 79.9. The summed E-state index contributed by atoms with van der Waals surface area (Å²) in [6.45, 7) is 0. The monoisotopic (exact) mass is 1870 g/mol. The molecule has 2 aliphatic rings. The molecule has 5 aromatic heterocycles. The predicted molar refractivity (Wildman–Crippen MR) is 553 cm³/mol. The van der Waals surface area contributed by atoms with Crippen LogP contribution in [-0.2, 0) is 12.8 Å². The van der Waals surface area contributed by atoms with E-state index in [0.717, 1.165) is 99.2 Å². The van der Waals surface area contributed by atoms with Crippen molar-refractivity contribution in [1.82, 2.24) is 28.7 Å². The van der Waals surface area contributed by atoms with Crippen LogP contribution in [0, 0.1) is 20.2 Å². The van der Waals surface area contributed by atoms with Crippen LogP contribution < -0.4 is 4.65 Å². The molecule has 0 unspecified atom stereocenters. The van der Waals surface area contributed by atoms with Gasteiger partial charge in [-0.2, -0.15) is 9.97 Å². The average Bonchev–Trinajstić information content (AvgIpc) is 1.58. The molecule has 0 saturated heterocycles. The van der Waals surface area contributed by atoms with Crippen molar-refractivity contribution in [3.63, 3.8) is 0 Å². The number of fused-ring (bicyclic) bond motifs is 18. The molecule has 0 atom stereocenters. The van der Waals surface area contributed by atoms with Gasteiger partial charge in [0.1, 0.15) is 11.2 Å². The normalized spacial score (nSPS) is 11.2. The Hall–Kier alpha value is -15.9. The van der Waals surface area contributed by atoms with Crippen molar-refractivity contribution in [2.75, 3.05) is 0 Å². The highest BCUT2D eigenvalue weighted by Gasteiger charge is 2.27. The SMILES string of the molecule is C.Clc1ccccc1-n1c2ccccc2c2ccccc21.Clc1ccccc1Br.Clc1nc(-c2ccccc2)nc(-c2cccc3oc4ccccc4c23)n1.O=[N+]([O-])c1ccccc1-c1ccccc1-n1c2ccccc2c2ccccc21.O=[N+]([O-])c1ccccc1O[B]O.c1ccc2c(c1)Cc1cccc(-n3c4ccccc4c4ccccc43)c1-2.c1ccc2c(c1)Cc1ccccc1-2. The summed E-state index contributed by atoms with van der Waals surface area (Å²) in [5.74, 6) is 1.09. The zero-order chi connectivity index (χ0) is 90.8. The summed E-state index contributed by atoms with van der Waals surface area (Å²) < 4.78 is 18.2. The molecule has 23 aromatic rings. The number of hydrogen-bond donors (Lipinski definition) is 1. The summed E-state index contributed by atoms with van der Waals surface area (Å²) in [5.41, 5.74) is 26.4. The lowest BCUT2D eigenvalue weighted by molar-refractivity contribution is -0.385. The molecule has 0 fully saturated rings. The Balaban J connectivity index is 0.000000108. The fraction of sp³-hybridized carbons (Fsp3) is 0.0263. The molecular weight excluding hydrogens is 1790 g/mol. The van der Waals surface area contributed by atoms with E-state index >= 15 is 0 Å². The van der Waals surface area contributed by atoms with Gasteiger partial charge < -0.3 is 27.8 Å². The van der Waals surface area contributed by atoms with Crippen LogP contribution in [0.2, 0.25) is 15.3 Å². The maximum atomic E-state index is 11.6. The summed E-state index contributed by atoms with van der Waals surface area (Å²) in [6, 6.07) is 143. The Morgan fingerprint density at radius 2 is 0.694 bits per heavy atom. The largest absolute Gasteiger partial charge is 0.569 e. The van der Waals surface area contributed by atoms with Gasteiger partial charge in [0.15, 0.2) is 17.4 Å². The van der Waals surface area contributed by atoms with Gasteiger partial charge in [0.25, 0.3) is 5.69 Å². The molecule has 0 bridgehead atoms. The Kier molecular flexibility index (Phi) is 26.7. The van der Waals surface area contributed by atoms with Crippen molar-refractivity contribution < 1.29 is 23.9 Å². The van der Waals surface area contributed by atoms with E-state index in [0.29, 0.717) is 24.9 Å². The molecule has 18 aromatic carbocycles. The Bertz CT molecular complexity index is 8080. The molecule has 1 radical (unpaired) electrons. The Morgan fingerprint density at radius 1 is 0.328 bits per heavy atom. The maximum absolute atomic E-state index is 11.6. The minimum Gasteiger partial charge on any atom is -0.533 e. The van der Waals surface area contributed by atoms with Gasteiger partial charge in [-0.25, -0.2) is 4.98 Å². The second-order valence-electron chi connectivity index (χ2n) is 31.2. The van der Waals surface area contributed by atoms with Crippen molar-refractivity contribution in [3.8, 4) is 79.0 Å². The van der Waals surface area contributed by atoms with Crippen LogP contribution in [0.3, 0.4) is 0 Å². The van der Waals surface area contributed by atoms with Gasteiger partial charge in [0.05, 0.1) is 75.6 Å². The second-order valence-corrected chi connectivity index (χ2v) is 33.3. The fourth-order valence-corrected chi connectivity index (χ4v) is 18.5. The van der Waals surface area contributed by atoms with E-state index in [4.69, 9.17) is 44.2 Å². The Labute approximate surface area is 796 Å². The number of benzene rings is 18. The van der Waals surface area contributed by atoms with Gasteiger partial charge in [-0.15, -0.1) is 0 Å². The van der Waals surface area contributed by atoms with Gasteiger partial charge in [-0.1, -0.05) is 352 Å². The first-order chi connectivity index (χ1) is 65.3. The first-order valence-corrected chi connectivity index (χ1v) is 44.8. The number of hydrogen-bond acceptors (Lipinski definition) is 10. The van der Waals surface area contributed by atoms with E-state index in [1.165, 1.54) is 112 Å². The van der Waals surface area contributed by atoms with Crippen LogP contribution in [0.1, 0.15) is 29.7 Å². The molecule has 15 nitrogen and oxygen atoms in total. The average molecular weight is 1870 g/mol. The first-order valence-electron chi connectivity index (χ1n) is 42.9. The molecule has 0 amide bonds. The summed E-state index contributed by atoms with van der Waals surface area (Å²) in [5, 5.41) is 41.3. The second kappa shape index (κ2) is 40.2. The third-order valence-electron chi connectivity index (χ3n) is 23.5. The van der Waals surface area contributed by atoms with E-state index in [1.54, 1.807) is 18.2 Å². The summed E-state index contributed by atoms with van der Waals surface area (Å²) in [7, 11) is 0.405. The first kappa shape index (κ1) is 88.8. The molecule has 0 aliphatic heterocycles. The Morgan fingerprint density at radius 3 is 1.22 bits per heavy atom. The third-order valence-corrected chi connectivity index (χ3v) is 25.2. The zero-order valence-electron chi connectivity index (χ0n) is 71.0. The number of nitro groups is 2. The molecule has 0 saturated carbocycles. The molecule has 649 valence electrons. The molecule has 134 heavy (non-hydrogen) atoms. The van der Waals surface area contributed by atoms with Crippen molar-refractivity contribution in [2.24, 2.45) is 0 Å². The van der Waals surface area contributed by atoms with E-state index in [-0.39, 0.29) is 34.8 Å². The van der Waals surface area contributed by atoms with Crippen LogP contribution in [0.25, 0.3) is 161 Å². The van der Waals surface area contributed by atoms with Crippen LogP contribution in [0.4, 0.5) is 11.4 Å². The third kappa shape index (κ3) is 18.0. The van der Waals surface area contributed by atoms with Crippen LogP contribution >= 0.6 is 50.7 Å². The lowest BCUT2D eigenvalue weighted by Gasteiger charge is -2.14. The molecule has 20 heteroatoms. The number of rotatable bonds is 10. The fourth-order valence-electron chi connectivity index (χ4n) is 17.7. The summed E-state index contributed by atoms with van der Waals surface area (Å²) in [4.78, 5) is 34.3. The van der Waals surface area contributed by atoms with Crippen LogP contribution in [-0.4, -0.2) is 51.2 Å². The van der Waals surface area contributed by atoms with E-state index in [2.05, 4.69) is 268 Å². The van der Waals surface area contributed by atoms with Crippen LogP contribution in [0.5, 0.6) is 5.75 Å². The number of para-hydroxylation sites is 12. The number of furan rings is 1. The number of aromatic nitrogens is 6. The van der Waals surface area contributed by atoms with E-state index in [1.807, 2.05) is 176 Å². The lowest BCUT2D eigenvalue weighted by Crippen LogP contribution is -2.02. The van der Waals surface area contributed by atoms with Gasteiger partial charge in [0, 0.05) is 81.9 Å². The van der Waals surface area contributed by atoms with Crippen molar-refractivity contribution in [2.45, 2.75) is 20.3 Å². The highest BCUT2D eigenvalue weighted by Crippen LogP contribution is 2.46. The number of nitro benzene ring substituents is 2. The van der Waals surface area contributed by atoms with Crippen molar-refractivity contribution in [1.29, 1.82) is 0 Å². The van der Waals surface area contributed by atoms with Gasteiger partial charge in [0.2, 0.25) is 5.28 Å². The molecule has 0 spiro atoms. The van der Waals surface area contributed by atoms with Crippen molar-refractivity contribution in [3.05, 3.63) is 493 Å². The van der Waals surface area contributed by atoms with Gasteiger partial charge in [-0.3, -0.25) is 20.2 Å². The maximum Gasteiger partial charge on any atom is 0.569 e. The molecule has 25 rings (SSSR count). The minimum atomic E-state index is -0.584. The van der Waals surface area contributed by atoms with E-state index in [9.17, 15) is 20.2 Å². The number of nitrogens with zero attached hydrogens (tertiary/aromatic N) is 8. The number of halogens is 4. The predicted octanol–water partition coefficient (Wildman–Crippen LogP) is 31.4. The summed E-state index contributed by atoms with van der Waals surface area (Å²) >= 11 is 21.5. The minimum absolute atomic E-state index is 0. The van der Waals surface area contributed by atoms with Crippen molar-refractivity contribution >= 4 is 157 Å². The highest BCUT2D eigenvalue weighted by molar-refractivity contribution is 9.10. The van der Waals surface area contributed by atoms with Crippen LogP contribution in [0.15, 0.2) is 440 Å². The van der Waals surface area contributed by atoms with Gasteiger partial charge in [-0.05, 0) is 176 Å². The van der Waals surface area contributed by atoms with E-state index < -0.39 is 4.92 Å². The van der Waals surface area contributed by atoms with Gasteiger partial charge >= 0.3 is 13.4 Å². The molecular formula is C114H80BBrCl3N8O7. The standard InChI is InChI=1S/C25H17N.C24H16N2O2.C21H12ClN3O.C18H12ClN.C13H10.C6H5BNO4.C6H4BrCl.CH4/c1-2-10-19-17(8-1)16-18-9-7-15-24(25(18)19)26-22-13-5-3-11-20(22)21-12-4-6-14-23(21)26;27-26(28)24-16-8-4-12-20(24)19-11-3-7-15-23(19)25-21-13-5-1-9-17(21)18-10-2-6-14-22(18)25;22-21-24-19(13-7-2-1-3-8-13)23-20(25-21)15-10-6-12-17-18(15)14-9-4-5-11-16(14)26-17;19-15-9-3-6-12-18(15)20-16-10-4-1-7-13(16)14-8-2-5-11-17(14)20;1-3-7-12-10(5-1)9-11-6-2-4-8-13(11)12;9-7-12-6-4-2-1-3-5(6)8(10)11;7-5-3-1-2-4-6(5)8;/h1-15H,16H2;1-16H;1-12H;1-12H;1-8H,9H2;1-4,9H;1-4H;1H4. The molecule has 5 heterocycles. The summed E-state index contributed by atoms with van der Waals surface area (Å²) in [6.07, 6.45) is 2.13. The lowest BCUT2D eigenvalue weighted by atomic mass is 10.0. The zero-order valence-corrected chi connectivity index (χ0v) is 74.8. The topological polar surface area (TPSA) is 182 Å². The molecule has 1 N–H and O–H groups in total.